The fourth-order valence-electron chi connectivity index (χ4n) is 12.3. The smallest absolute Gasteiger partial charge is 0.134 e. The maximum atomic E-state index is 15.6. The van der Waals surface area contributed by atoms with Gasteiger partial charge in [-0.3, -0.25) is 9.97 Å². The first-order valence-electron chi connectivity index (χ1n) is 27.0. The van der Waals surface area contributed by atoms with Crippen LogP contribution in [0.25, 0.3) is 66.1 Å². The third-order valence-corrected chi connectivity index (χ3v) is 16.2. The van der Waals surface area contributed by atoms with Crippen LogP contribution in [0.2, 0.25) is 0 Å². The highest BCUT2D eigenvalue weighted by molar-refractivity contribution is 6.08. The number of aryl methyl sites for hydroxylation is 4. The summed E-state index contributed by atoms with van der Waals surface area (Å²) >= 11 is 0. The van der Waals surface area contributed by atoms with E-state index in [0.717, 1.165) is 79.9 Å². The summed E-state index contributed by atoms with van der Waals surface area (Å²) in [5.74, 6) is -4.60. The van der Waals surface area contributed by atoms with Crippen LogP contribution in [-0.2, 0) is 20.7 Å². The van der Waals surface area contributed by atoms with Crippen molar-refractivity contribution < 1.29 is 54.9 Å². The molecule has 8 heterocycles. The van der Waals surface area contributed by atoms with Gasteiger partial charge >= 0.3 is 0 Å². The van der Waals surface area contributed by atoms with Crippen molar-refractivity contribution in [2.75, 3.05) is 26.4 Å². The molecule has 0 bridgehead atoms. The van der Waals surface area contributed by atoms with E-state index in [-0.39, 0.29) is 23.0 Å². The van der Waals surface area contributed by atoms with Crippen LogP contribution in [-0.4, -0.2) is 55.7 Å². The van der Waals surface area contributed by atoms with Gasteiger partial charge in [0, 0.05) is 107 Å². The van der Waals surface area contributed by atoms with Gasteiger partial charge < -0.3 is 37.7 Å². The van der Waals surface area contributed by atoms with E-state index in [2.05, 4.69) is 0 Å². The molecule has 6 aromatic heterocycles. The van der Waals surface area contributed by atoms with E-state index >= 15 is 17.6 Å². The molecule has 2 unspecified atom stereocenters. The summed E-state index contributed by atoms with van der Waals surface area (Å²) in [6.07, 6.45) is 9.22. The second-order valence-electron chi connectivity index (χ2n) is 22.6. The van der Waals surface area contributed by atoms with Gasteiger partial charge in [-0.1, -0.05) is 24.3 Å². The Balaban J connectivity index is 0.000000169. The van der Waals surface area contributed by atoms with Crippen LogP contribution in [0.15, 0.2) is 107 Å². The van der Waals surface area contributed by atoms with Crippen LogP contribution in [0.3, 0.4) is 0 Å². The predicted octanol–water partition coefficient (Wildman–Crippen LogP) is 15.5. The molecule has 4 aromatic carbocycles. The van der Waals surface area contributed by atoms with Crippen molar-refractivity contribution in [2.24, 2.45) is 11.8 Å². The van der Waals surface area contributed by atoms with Crippen molar-refractivity contribution in [1.29, 1.82) is 0 Å². The Hall–Kier alpha value is -7.24. The monoisotopic (exact) mass is 1100 g/mol. The molecule has 10 nitrogen and oxygen atoms in total. The maximum Gasteiger partial charge on any atom is 0.134 e. The number of pyridine rings is 2. The second kappa shape index (κ2) is 21.0. The third-order valence-electron chi connectivity index (χ3n) is 16.2. The molecule has 2 N–H and O–H groups in total. The van der Waals surface area contributed by atoms with Crippen LogP contribution in [0.1, 0.15) is 110 Å². The van der Waals surface area contributed by atoms with Crippen LogP contribution in [0.4, 0.5) is 26.3 Å². The normalized spacial score (nSPS) is 15.8. The molecule has 0 saturated carbocycles. The molecule has 2 saturated heterocycles. The first-order valence-corrected chi connectivity index (χ1v) is 27.0. The Morgan fingerprint density at radius 1 is 0.500 bits per heavy atom. The number of aliphatic hydroxyl groups is 2. The van der Waals surface area contributed by atoms with Crippen LogP contribution in [0, 0.1) is 74.4 Å². The van der Waals surface area contributed by atoms with Gasteiger partial charge in [0.2, 0.25) is 0 Å². The number of rotatable bonds is 10. The minimum Gasteiger partial charge on any atom is -0.469 e. The summed E-state index contributed by atoms with van der Waals surface area (Å²) in [6, 6.07) is 16.5. The van der Waals surface area contributed by atoms with Crippen molar-refractivity contribution in [1.82, 2.24) is 19.1 Å². The second-order valence-corrected chi connectivity index (χ2v) is 22.6. The maximum absolute atomic E-state index is 15.6. The lowest BCUT2D eigenvalue weighted by atomic mass is 9.86. The first kappa shape index (κ1) is 54.7. The molecular weight excluding hydrogens is 1030 g/mol. The number of hydrogen-bond donors (Lipinski definition) is 2. The molecule has 16 heteroatoms. The van der Waals surface area contributed by atoms with Gasteiger partial charge in [0.25, 0.3) is 0 Å². The molecule has 80 heavy (non-hydrogen) atoms. The fourth-order valence-corrected chi connectivity index (χ4v) is 12.3. The minimum absolute atomic E-state index is 0.193. The van der Waals surface area contributed by atoms with Gasteiger partial charge in [0.05, 0.1) is 68.9 Å². The highest BCUT2D eigenvalue weighted by atomic mass is 19.2. The van der Waals surface area contributed by atoms with E-state index < -0.39 is 58.2 Å². The number of furan rings is 2. The first-order chi connectivity index (χ1) is 38.1. The SMILES string of the molecule is Cc1coc(C)c1-c1cnc2c3ccc(C(C)(C)O)cc3n(C(c3c(F)cc(F)cc3F)C3CCOCC3)c2c1.Cc1coc(C)c1-c1cnc2c3ccc(C(C)(C)O)cc3n(C(c3c(F)cc(F)cc3F)C3CCOCC3)c2c1. The van der Waals surface area contributed by atoms with Gasteiger partial charge in [-0.25, -0.2) is 26.3 Å². The highest BCUT2D eigenvalue weighted by Crippen LogP contribution is 2.47. The minimum atomic E-state index is -1.15. The van der Waals surface area contributed by atoms with E-state index in [9.17, 15) is 19.0 Å². The zero-order chi connectivity index (χ0) is 56.7. The number of ether oxygens (including phenoxy) is 2. The molecule has 2 atom stereocenters. The van der Waals surface area contributed by atoms with Crippen LogP contribution in [0.5, 0.6) is 0 Å². The van der Waals surface area contributed by atoms with Gasteiger partial charge in [0.15, 0.2) is 0 Å². The highest BCUT2D eigenvalue weighted by Gasteiger charge is 2.37. The summed E-state index contributed by atoms with van der Waals surface area (Å²) in [5.41, 5.74) is 8.00. The van der Waals surface area contributed by atoms with Crippen molar-refractivity contribution in [3.05, 3.63) is 178 Å². The van der Waals surface area contributed by atoms with Gasteiger partial charge in [-0.15, -0.1) is 0 Å². The Bertz CT molecular complexity index is 3660. The molecule has 2 fully saturated rings. The summed E-state index contributed by atoms with van der Waals surface area (Å²) in [5, 5.41) is 23.3. The van der Waals surface area contributed by atoms with E-state index in [0.29, 0.717) is 96.3 Å². The summed E-state index contributed by atoms with van der Waals surface area (Å²) < 4.78 is 117. The average molecular weight is 1100 g/mol. The molecule has 2 aliphatic rings. The zero-order valence-corrected chi connectivity index (χ0v) is 45.8. The number of benzene rings is 4. The van der Waals surface area contributed by atoms with Gasteiger partial charge in [-0.05, 0) is 139 Å². The van der Waals surface area contributed by atoms with E-state index in [1.807, 2.05) is 85.4 Å². The Morgan fingerprint density at radius 3 is 1.16 bits per heavy atom. The Morgan fingerprint density at radius 2 is 0.850 bits per heavy atom. The lowest BCUT2D eigenvalue weighted by molar-refractivity contribution is 0.0542. The molecule has 0 spiro atoms. The Kier molecular flexibility index (Phi) is 14.4. The molecule has 12 rings (SSSR count). The van der Waals surface area contributed by atoms with Crippen LogP contribution >= 0.6 is 0 Å². The number of hydrogen-bond acceptors (Lipinski definition) is 8. The van der Waals surface area contributed by atoms with E-state index in [1.165, 1.54) is 0 Å². The zero-order valence-electron chi connectivity index (χ0n) is 45.8. The number of aromatic nitrogens is 4. The molecular formula is C64H62F6N4O6. The van der Waals surface area contributed by atoms with Crippen molar-refractivity contribution in [3.63, 3.8) is 0 Å². The summed E-state index contributed by atoms with van der Waals surface area (Å²) in [4.78, 5) is 9.69. The van der Waals surface area contributed by atoms with Crippen molar-refractivity contribution in [2.45, 2.75) is 104 Å². The Labute approximate surface area is 458 Å². The van der Waals surface area contributed by atoms with Gasteiger partial charge in [0.1, 0.15) is 46.4 Å². The summed E-state index contributed by atoms with van der Waals surface area (Å²) in [6.45, 7) is 16.2. The molecule has 0 amide bonds. The molecule has 416 valence electrons. The molecule has 10 aromatic rings. The van der Waals surface area contributed by atoms with E-state index in [4.69, 9.17) is 28.3 Å². The predicted molar refractivity (Wildman–Crippen MR) is 295 cm³/mol. The fraction of sp³-hybridized carbons (Fsp3) is 0.344. The lowest BCUT2D eigenvalue weighted by Gasteiger charge is -2.33. The van der Waals surface area contributed by atoms with Gasteiger partial charge in [-0.2, -0.15) is 0 Å². The average Bonchev–Trinajstić information content (AvgIpc) is 4.14. The number of halogens is 6. The molecule has 0 radical (unpaired) electrons. The standard InChI is InChI=1S/2C32H31F3N2O3/c2*1-17-16-40-18(2)28(17)20-11-27-30(36-15-20)23-6-5-21(32(3,4)38)12-26(23)37(27)31(19-7-9-39-10-8-19)29-24(34)13-22(33)14-25(29)35/h2*5-6,11-16,19,31,38H,7-10H2,1-4H3. The molecule has 0 aliphatic carbocycles. The van der Waals surface area contributed by atoms with Crippen molar-refractivity contribution >= 4 is 43.9 Å². The quantitative estimate of drug-likeness (QED) is 0.130. The molecule has 2 aliphatic heterocycles. The topological polar surface area (TPSA) is 121 Å². The number of nitrogens with zero attached hydrogens (tertiary/aromatic N) is 4. The van der Waals surface area contributed by atoms with Crippen LogP contribution < -0.4 is 0 Å². The largest absolute Gasteiger partial charge is 0.469 e. The summed E-state index contributed by atoms with van der Waals surface area (Å²) in [7, 11) is 0. The van der Waals surface area contributed by atoms with E-state index in [1.54, 1.807) is 52.6 Å². The third kappa shape index (κ3) is 9.87. The lowest BCUT2D eigenvalue weighted by Crippen LogP contribution is -2.28. The number of fused-ring (bicyclic) bond motifs is 6. The van der Waals surface area contributed by atoms with Crippen molar-refractivity contribution in [3.8, 4) is 22.3 Å².